The topological polar surface area (TPSA) is 58.6 Å². The summed E-state index contributed by atoms with van der Waals surface area (Å²) in [5.41, 5.74) is -0.556. The first-order valence-corrected chi connectivity index (χ1v) is 4.18. The summed E-state index contributed by atoms with van der Waals surface area (Å²) >= 11 is 0. The Bertz CT molecular complexity index is 232. The molecule has 0 atom stereocenters. The average molecular weight is 186 g/mol. The SMILES string of the molecule is CC(C)(C)OC(=O)N1CCNC1=O. The van der Waals surface area contributed by atoms with E-state index in [0.29, 0.717) is 13.1 Å². The molecule has 0 aliphatic carbocycles. The quantitative estimate of drug-likeness (QED) is 0.612. The van der Waals surface area contributed by atoms with Gasteiger partial charge in [0.2, 0.25) is 0 Å². The Kier molecular flexibility index (Phi) is 2.45. The highest BCUT2D eigenvalue weighted by Crippen LogP contribution is 2.10. The molecule has 5 heteroatoms. The molecule has 0 unspecified atom stereocenters. The van der Waals surface area contributed by atoms with Crippen LogP contribution in [0.15, 0.2) is 0 Å². The van der Waals surface area contributed by atoms with E-state index >= 15 is 0 Å². The van der Waals surface area contributed by atoms with Gasteiger partial charge in [0, 0.05) is 6.54 Å². The van der Waals surface area contributed by atoms with Crippen molar-refractivity contribution in [3.05, 3.63) is 0 Å². The Morgan fingerprint density at radius 1 is 1.54 bits per heavy atom. The van der Waals surface area contributed by atoms with E-state index in [1.165, 1.54) is 0 Å². The Labute approximate surface area is 77.0 Å². The molecule has 0 aromatic carbocycles. The molecule has 0 aromatic heterocycles. The summed E-state index contributed by atoms with van der Waals surface area (Å²) in [5, 5.41) is 2.52. The summed E-state index contributed by atoms with van der Waals surface area (Å²) in [7, 11) is 0. The van der Waals surface area contributed by atoms with Gasteiger partial charge >= 0.3 is 12.1 Å². The lowest BCUT2D eigenvalue weighted by Crippen LogP contribution is -2.38. The number of nitrogens with zero attached hydrogens (tertiary/aromatic N) is 1. The number of urea groups is 1. The molecular formula is C8H14N2O3. The minimum Gasteiger partial charge on any atom is -0.443 e. The third-order valence-corrected chi connectivity index (χ3v) is 1.47. The number of amides is 3. The van der Waals surface area contributed by atoms with Gasteiger partial charge in [0.1, 0.15) is 5.60 Å². The van der Waals surface area contributed by atoms with Crippen LogP contribution in [0.5, 0.6) is 0 Å². The molecule has 0 radical (unpaired) electrons. The first-order valence-electron chi connectivity index (χ1n) is 4.18. The van der Waals surface area contributed by atoms with Gasteiger partial charge in [0.15, 0.2) is 0 Å². The Balaban J connectivity index is 2.53. The number of hydrogen-bond acceptors (Lipinski definition) is 3. The minimum absolute atomic E-state index is 0.380. The van der Waals surface area contributed by atoms with E-state index in [9.17, 15) is 9.59 Å². The van der Waals surface area contributed by atoms with Crippen molar-refractivity contribution in [1.82, 2.24) is 10.2 Å². The van der Waals surface area contributed by atoms with E-state index in [4.69, 9.17) is 4.74 Å². The summed E-state index contributed by atoms with van der Waals surface area (Å²) in [6, 6.07) is -0.380. The van der Waals surface area contributed by atoms with Crippen molar-refractivity contribution in [2.75, 3.05) is 13.1 Å². The second-order valence-corrected chi connectivity index (χ2v) is 3.86. The molecule has 1 heterocycles. The normalized spacial score (nSPS) is 17.2. The van der Waals surface area contributed by atoms with Crippen molar-refractivity contribution in [2.24, 2.45) is 0 Å². The Morgan fingerprint density at radius 2 is 2.15 bits per heavy atom. The molecule has 74 valence electrons. The van der Waals surface area contributed by atoms with Crippen LogP contribution in [0.3, 0.4) is 0 Å². The monoisotopic (exact) mass is 186 g/mol. The first kappa shape index (κ1) is 9.83. The molecule has 1 rings (SSSR count). The molecule has 0 spiro atoms. The van der Waals surface area contributed by atoms with E-state index in [1.54, 1.807) is 20.8 Å². The molecule has 0 bridgehead atoms. The van der Waals surface area contributed by atoms with Gasteiger partial charge in [-0.2, -0.15) is 0 Å². The van der Waals surface area contributed by atoms with Crippen molar-refractivity contribution in [3.8, 4) is 0 Å². The maximum atomic E-state index is 11.3. The van der Waals surface area contributed by atoms with Crippen LogP contribution in [0.25, 0.3) is 0 Å². The zero-order chi connectivity index (χ0) is 10.1. The number of hydrogen-bond donors (Lipinski definition) is 1. The van der Waals surface area contributed by atoms with Gasteiger partial charge in [0.05, 0.1) is 6.54 Å². The molecule has 0 aromatic rings. The number of imide groups is 1. The number of nitrogens with one attached hydrogen (secondary N) is 1. The van der Waals surface area contributed by atoms with Crippen LogP contribution in [0.2, 0.25) is 0 Å². The lowest BCUT2D eigenvalue weighted by atomic mass is 10.2. The molecule has 3 amide bonds. The highest BCUT2D eigenvalue weighted by molar-refractivity contribution is 5.92. The van der Waals surface area contributed by atoms with Crippen LogP contribution >= 0.6 is 0 Å². The van der Waals surface area contributed by atoms with Crippen molar-refractivity contribution >= 4 is 12.1 Å². The van der Waals surface area contributed by atoms with Gasteiger partial charge in [-0.1, -0.05) is 0 Å². The maximum absolute atomic E-state index is 11.3. The fourth-order valence-corrected chi connectivity index (χ4v) is 0.963. The van der Waals surface area contributed by atoms with Crippen molar-refractivity contribution < 1.29 is 14.3 Å². The van der Waals surface area contributed by atoms with Gasteiger partial charge in [0.25, 0.3) is 0 Å². The van der Waals surface area contributed by atoms with Gasteiger partial charge < -0.3 is 10.1 Å². The van der Waals surface area contributed by atoms with Crippen LogP contribution in [0.1, 0.15) is 20.8 Å². The third kappa shape index (κ3) is 2.61. The third-order valence-electron chi connectivity index (χ3n) is 1.47. The number of carbonyl (C=O) groups excluding carboxylic acids is 2. The molecular weight excluding hydrogens is 172 g/mol. The number of carbonyl (C=O) groups is 2. The Morgan fingerprint density at radius 3 is 2.54 bits per heavy atom. The molecule has 1 fully saturated rings. The largest absolute Gasteiger partial charge is 0.443 e. The summed E-state index contributed by atoms with van der Waals surface area (Å²) in [4.78, 5) is 23.4. The predicted molar refractivity (Wildman–Crippen MR) is 46.3 cm³/mol. The van der Waals surface area contributed by atoms with E-state index in [1.807, 2.05) is 0 Å². The van der Waals surface area contributed by atoms with Crippen molar-refractivity contribution in [3.63, 3.8) is 0 Å². The molecule has 1 aliphatic rings. The zero-order valence-electron chi connectivity index (χ0n) is 8.09. The number of rotatable bonds is 0. The lowest BCUT2D eigenvalue weighted by Gasteiger charge is -2.22. The summed E-state index contributed by atoms with van der Waals surface area (Å²) in [6.45, 7) is 6.17. The van der Waals surface area contributed by atoms with E-state index in [2.05, 4.69) is 5.32 Å². The fourth-order valence-electron chi connectivity index (χ4n) is 0.963. The molecule has 13 heavy (non-hydrogen) atoms. The lowest BCUT2D eigenvalue weighted by molar-refractivity contribution is 0.0354. The van der Waals surface area contributed by atoms with Crippen molar-refractivity contribution in [2.45, 2.75) is 26.4 Å². The van der Waals surface area contributed by atoms with Crippen LogP contribution in [-0.2, 0) is 4.74 Å². The molecule has 0 saturated carbocycles. The second kappa shape index (κ2) is 3.24. The fraction of sp³-hybridized carbons (Fsp3) is 0.750. The molecule has 5 nitrogen and oxygen atoms in total. The molecule has 1 saturated heterocycles. The van der Waals surface area contributed by atoms with Gasteiger partial charge in [-0.25, -0.2) is 14.5 Å². The van der Waals surface area contributed by atoms with Gasteiger partial charge in [-0.3, -0.25) is 0 Å². The van der Waals surface area contributed by atoms with Crippen LogP contribution < -0.4 is 5.32 Å². The summed E-state index contributed by atoms with van der Waals surface area (Å²) in [5.74, 6) is 0. The van der Waals surface area contributed by atoms with Gasteiger partial charge in [-0.05, 0) is 20.8 Å². The zero-order valence-corrected chi connectivity index (χ0v) is 8.09. The van der Waals surface area contributed by atoms with Gasteiger partial charge in [-0.15, -0.1) is 0 Å². The van der Waals surface area contributed by atoms with Crippen molar-refractivity contribution in [1.29, 1.82) is 0 Å². The van der Waals surface area contributed by atoms with Crippen LogP contribution in [0.4, 0.5) is 9.59 Å². The second-order valence-electron chi connectivity index (χ2n) is 3.86. The Hall–Kier alpha value is -1.26. The van der Waals surface area contributed by atoms with E-state index in [0.717, 1.165) is 4.90 Å². The van der Waals surface area contributed by atoms with E-state index in [-0.39, 0.29) is 6.03 Å². The highest BCUT2D eigenvalue weighted by Gasteiger charge is 2.30. The standard InChI is InChI=1S/C8H14N2O3/c1-8(2,3)13-7(12)10-5-4-9-6(10)11/h4-5H2,1-3H3,(H,9,11). The predicted octanol–water partition coefficient (Wildman–Crippen LogP) is 0.947. The first-order chi connectivity index (χ1) is 5.90. The molecule has 1 aliphatic heterocycles. The smallest absolute Gasteiger partial charge is 0.418 e. The molecule has 1 N–H and O–H groups in total. The van der Waals surface area contributed by atoms with E-state index < -0.39 is 11.7 Å². The van der Waals surface area contributed by atoms with Crippen LogP contribution in [-0.4, -0.2) is 35.7 Å². The minimum atomic E-state index is -0.581. The number of ether oxygens (including phenoxy) is 1. The summed E-state index contributed by atoms with van der Waals surface area (Å²) < 4.78 is 5.02. The average Bonchev–Trinajstić information content (AvgIpc) is 2.30. The maximum Gasteiger partial charge on any atom is 0.418 e. The highest BCUT2D eigenvalue weighted by atomic mass is 16.6. The summed E-state index contributed by atoms with van der Waals surface area (Å²) in [6.07, 6.45) is -0.581. The van der Waals surface area contributed by atoms with Crippen LogP contribution in [0, 0.1) is 0 Å².